The van der Waals surface area contributed by atoms with Gasteiger partial charge in [0.05, 0.1) is 10.4 Å². The van der Waals surface area contributed by atoms with E-state index in [0.717, 1.165) is 61.7 Å². The van der Waals surface area contributed by atoms with E-state index in [1.54, 1.807) is 0 Å². The van der Waals surface area contributed by atoms with E-state index in [2.05, 4.69) is 55.3 Å². The monoisotopic (exact) mass is 507 g/mol. The second-order valence-corrected chi connectivity index (χ2v) is 11.3. The Morgan fingerprint density at radius 2 is 1.78 bits per heavy atom. The van der Waals surface area contributed by atoms with Crippen LogP contribution in [0.15, 0.2) is 48.5 Å². The smallest absolute Gasteiger partial charge is 0.407 e. The van der Waals surface area contributed by atoms with Gasteiger partial charge in [0.1, 0.15) is 11.4 Å². The van der Waals surface area contributed by atoms with E-state index < -0.39 is 5.60 Å². The van der Waals surface area contributed by atoms with Crippen LogP contribution in [0, 0.1) is 0 Å². The number of rotatable bonds is 5. The lowest BCUT2D eigenvalue weighted by molar-refractivity contribution is 0.0497. The van der Waals surface area contributed by atoms with Crippen molar-refractivity contribution in [3.63, 3.8) is 0 Å². The number of nitrogens with one attached hydrogen (secondary N) is 1. The van der Waals surface area contributed by atoms with Crippen molar-refractivity contribution in [2.45, 2.75) is 63.5 Å². The highest BCUT2D eigenvalue weighted by atomic mass is 35.5. The minimum atomic E-state index is -0.493. The molecule has 1 amide bonds. The van der Waals surface area contributed by atoms with Crippen molar-refractivity contribution in [3.05, 3.63) is 64.9 Å². The SMILES string of the molecule is Cn1c(-c2ccc(N3CCC(NC(=O)OC(C)(C)C)CC3)cc2Cl)nnc1C1(c2ccccc2)CC1. The molecule has 0 bridgehead atoms. The highest BCUT2D eigenvalue weighted by Gasteiger charge is 2.49. The number of hydrogen-bond acceptors (Lipinski definition) is 5. The lowest BCUT2D eigenvalue weighted by Crippen LogP contribution is -2.46. The van der Waals surface area contributed by atoms with Gasteiger partial charge in [0.15, 0.2) is 5.82 Å². The van der Waals surface area contributed by atoms with Crippen LogP contribution in [0.25, 0.3) is 11.4 Å². The van der Waals surface area contributed by atoms with E-state index in [4.69, 9.17) is 16.3 Å². The number of benzene rings is 2. The summed E-state index contributed by atoms with van der Waals surface area (Å²) in [5.74, 6) is 1.77. The fourth-order valence-corrected chi connectivity index (χ4v) is 5.40. The molecule has 0 unspecified atom stereocenters. The maximum absolute atomic E-state index is 12.1. The van der Waals surface area contributed by atoms with Crippen LogP contribution in [0.3, 0.4) is 0 Å². The third-order valence-corrected chi connectivity index (χ3v) is 7.47. The number of aromatic nitrogens is 3. The summed E-state index contributed by atoms with van der Waals surface area (Å²) >= 11 is 6.79. The first-order valence-corrected chi connectivity index (χ1v) is 13.0. The van der Waals surface area contributed by atoms with Gasteiger partial charge < -0.3 is 19.5 Å². The molecule has 5 rings (SSSR count). The lowest BCUT2D eigenvalue weighted by Gasteiger charge is -2.34. The summed E-state index contributed by atoms with van der Waals surface area (Å²) in [5.41, 5.74) is 2.70. The van der Waals surface area contributed by atoms with Gasteiger partial charge in [-0.05, 0) is 70.2 Å². The molecule has 2 aliphatic rings. The van der Waals surface area contributed by atoms with Crippen molar-refractivity contribution >= 4 is 23.4 Å². The third kappa shape index (κ3) is 4.94. The van der Waals surface area contributed by atoms with E-state index in [-0.39, 0.29) is 17.6 Å². The van der Waals surface area contributed by atoms with Crippen LogP contribution in [-0.4, -0.2) is 45.6 Å². The van der Waals surface area contributed by atoms with Crippen LogP contribution in [0.2, 0.25) is 5.02 Å². The molecule has 8 heteroatoms. The molecule has 1 N–H and O–H groups in total. The van der Waals surface area contributed by atoms with Gasteiger partial charge in [-0.2, -0.15) is 0 Å². The van der Waals surface area contributed by atoms with Crippen molar-refractivity contribution in [2.75, 3.05) is 18.0 Å². The van der Waals surface area contributed by atoms with E-state index in [1.807, 2.05) is 46.0 Å². The van der Waals surface area contributed by atoms with Crippen LogP contribution >= 0.6 is 11.6 Å². The van der Waals surface area contributed by atoms with Crippen LogP contribution in [0.5, 0.6) is 0 Å². The van der Waals surface area contributed by atoms with Gasteiger partial charge in [0.2, 0.25) is 0 Å². The summed E-state index contributed by atoms with van der Waals surface area (Å²) in [6.45, 7) is 7.29. The van der Waals surface area contributed by atoms with Gasteiger partial charge in [0, 0.05) is 37.4 Å². The number of hydrogen-bond donors (Lipinski definition) is 1. The number of carbonyl (C=O) groups excluding carboxylic acids is 1. The molecule has 0 spiro atoms. The summed E-state index contributed by atoms with van der Waals surface area (Å²) in [6, 6.07) is 16.8. The Balaban J connectivity index is 1.27. The standard InChI is InChI=1S/C28H34ClN5O2/c1-27(2,3)36-26(35)30-20-12-16-34(17-13-20)21-10-11-22(23(29)18-21)24-31-32-25(33(24)4)28(14-15-28)19-8-6-5-7-9-19/h5-11,18,20H,12-17H2,1-4H3,(H,30,35). The minimum Gasteiger partial charge on any atom is -0.444 e. The lowest BCUT2D eigenvalue weighted by atomic mass is 9.95. The van der Waals surface area contributed by atoms with Crippen LogP contribution in [0.4, 0.5) is 10.5 Å². The summed E-state index contributed by atoms with van der Waals surface area (Å²) in [6.07, 6.45) is 3.51. The molecule has 7 nitrogen and oxygen atoms in total. The van der Waals surface area contributed by atoms with E-state index in [0.29, 0.717) is 5.02 Å². The molecule has 36 heavy (non-hydrogen) atoms. The van der Waals surface area contributed by atoms with Crippen molar-refractivity contribution in [3.8, 4) is 11.4 Å². The molecule has 2 fully saturated rings. The second-order valence-electron chi connectivity index (χ2n) is 10.9. The molecule has 0 atom stereocenters. The molecular formula is C28H34ClN5O2. The maximum Gasteiger partial charge on any atom is 0.407 e. The van der Waals surface area contributed by atoms with Gasteiger partial charge in [-0.25, -0.2) is 4.79 Å². The van der Waals surface area contributed by atoms with Gasteiger partial charge >= 0.3 is 6.09 Å². The van der Waals surface area contributed by atoms with E-state index in [1.165, 1.54) is 5.56 Å². The highest BCUT2D eigenvalue weighted by Crippen LogP contribution is 2.53. The molecule has 1 aromatic heterocycles. The second kappa shape index (κ2) is 9.43. The average Bonchev–Trinajstić information content (AvgIpc) is 3.55. The molecule has 0 radical (unpaired) electrons. The first kappa shape index (κ1) is 24.6. The Morgan fingerprint density at radius 1 is 1.08 bits per heavy atom. The average molecular weight is 508 g/mol. The van der Waals surface area contributed by atoms with Gasteiger partial charge in [-0.1, -0.05) is 41.9 Å². The molecule has 1 aliphatic carbocycles. The number of nitrogens with zero attached hydrogens (tertiary/aromatic N) is 4. The van der Waals surface area contributed by atoms with Crippen LogP contribution in [-0.2, 0) is 17.2 Å². The fourth-order valence-electron chi connectivity index (χ4n) is 5.14. The zero-order valence-corrected chi connectivity index (χ0v) is 22.2. The zero-order chi connectivity index (χ0) is 25.5. The molecule has 1 saturated carbocycles. The predicted octanol–water partition coefficient (Wildman–Crippen LogP) is 5.71. The van der Waals surface area contributed by atoms with Crippen LogP contribution < -0.4 is 10.2 Å². The quantitative estimate of drug-likeness (QED) is 0.479. The normalized spacial score (nSPS) is 17.6. The van der Waals surface area contributed by atoms with Crippen LogP contribution in [0.1, 0.15) is 57.8 Å². The number of carbonyl (C=O) groups is 1. The molecule has 190 valence electrons. The molecule has 1 aliphatic heterocycles. The zero-order valence-electron chi connectivity index (χ0n) is 21.4. The Hall–Kier alpha value is -3.06. The summed E-state index contributed by atoms with van der Waals surface area (Å²) in [7, 11) is 2.03. The number of amides is 1. The Kier molecular flexibility index (Phi) is 6.45. The van der Waals surface area contributed by atoms with Crippen molar-refractivity contribution in [1.29, 1.82) is 0 Å². The van der Waals surface area contributed by atoms with Crippen molar-refractivity contribution in [2.24, 2.45) is 7.05 Å². The highest BCUT2D eigenvalue weighted by molar-refractivity contribution is 6.33. The molecule has 1 saturated heterocycles. The van der Waals surface area contributed by atoms with Gasteiger partial charge in [-0.15, -0.1) is 10.2 Å². The first-order valence-electron chi connectivity index (χ1n) is 12.7. The molecule has 2 aromatic carbocycles. The summed E-state index contributed by atoms with van der Waals surface area (Å²) in [5, 5.41) is 12.8. The number of halogens is 1. The minimum absolute atomic E-state index is 0.0502. The van der Waals surface area contributed by atoms with E-state index >= 15 is 0 Å². The predicted molar refractivity (Wildman–Crippen MR) is 143 cm³/mol. The summed E-state index contributed by atoms with van der Waals surface area (Å²) < 4.78 is 7.48. The van der Waals surface area contributed by atoms with Crippen molar-refractivity contribution in [1.82, 2.24) is 20.1 Å². The molecule has 3 aromatic rings. The van der Waals surface area contributed by atoms with Gasteiger partial charge in [-0.3, -0.25) is 0 Å². The maximum atomic E-state index is 12.1. The van der Waals surface area contributed by atoms with E-state index in [9.17, 15) is 4.79 Å². The number of ether oxygens (including phenoxy) is 1. The fraction of sp³-hybridized carbons (Fsp3) is 0.464. The first-order chi connectivity index (χ1) is 17.2. The number of piperidine rings is 1. The number of alkyl carbamates (subject to hydrolysis) is 1. The summed E-state index contributed by atoms with van der Waals surface area (Å²) in [4.78, 5) is 14.4. The Morgan fingerprint density at radius 3 is 2.39 bits per heavy atom. The molecule has 2 heterocycles. The Labute approximate surface area is 217 Å². The van der Waals surface area contributed by atoms with Gasteiger partial charge in [0.25, 0.3) is 0 Å². The third-order valence-electron chi connectivity index (χ3n) is 7.15. The number of anilines is 1. The topological polar surface area (TPSA) is 72.3 Å². The molecular weight excluding hydrogens is 474 g/mol. The van der Waals surface area contributed by atoms with Crippen molar-refractivity contribution < 1.29 is 9.53 Å². The largest absolute Gasteiger partial charge is 0.444 e. The Bertz CT molecular complexity index is 1240.